The smallest absolute Gasteiger partial charge is 0.0639 e. The molecule has 0 bridgehead atoms. The number of hydrogen-bond acceptors (Lipinski definition) is 2. The molecular weight excluding hydrogens is 162 g/mol. The summed E-state index contributed by atoms with van der Waals surface area (Å²) in [6, 6.07) is 10.0. The Balaban J connectivity index is 2.69. The molecule has 0 amide bonds. The second kappa shape index (κ2) is 4.65. The van der Waals surface area contributed by atoms with E-state index in [1.54, 1.807) is 0 Å². The van der Waals surface area contributed by atoms with Gasteiger partial charge in [0, 0.05) is 6.42 Å². The van der Waals surface area contributed by atoms with Crippen LogP contribution in [-0.4, -0.2) is 10.9 Å². The van der Waals surface area contributed by atoms with Gasteiger partial charge < -0.3 is 5.21 Å². The lowest BCUT2D eigenvalue weighted by atomic mass is 10.0. The summed E-state index contributed by atoms with van der Waals surface area (Å²) in [7, 11) is 0. The third-order valence-corrected chi connectivity index (χ3v) is 2.02. The van der Waals surface area contributed by atoms with E-state index in [0.29, 0.717) is 5.92 Å². The molecule has 0 aromatic heterocycles. The fourth-order valence-corrected chi connectivity index (χ4v) is 1.16. The van der Waals surface area contributed by atoms with Crippen molar-refractivity contribution in [1.29, 1.82) is 0 Å². The quantitative estimate of drug-likeness (QED) is 0.430. The highest BCUT2D eigenvalue weighted by molar-refractivity contribution is 5.87. The van der Waals surface area contributed by atoms with Crippen molar-refractivity contribution in [3.05, 3.63) is 35.9 Å². The zero-order chi connectivity index (χ0) is 9.68. The Morgan fingerprint density at radius 2 is 1.92 bits per heavy atom. The van der Waals surface area contributed by atoms with Crippen LogP contribution in [0.3, 0.4) is 0 Å². The Morgan fingerprint density at radius 1 is 1.31 bits per heavy atom. The summed E-state index contributed by atoms with van der Waals surface area (Å²) in [5, 5.41) is 12.0. The van der Waals surface area contributed by atoms with E-state index in [1.807, 2.05) is 44.2 Å². The van der Waals surface area contributed by atoms with Crippen LogP contribution in [-0.2, 0) is 6.42 Å². The van der Waals surface area contributed by atoms with Gasteiger partial charge in [0.1, 0.15) is 0 Å². The van der Waals surface area contributed by atoms with Gasteiger partial charge in [-0.05, 0) is 11.5 Å². The third-order valence-electron chi connectivity index (χ3n) is 2.02. The molecule has 1 aromatic rings. The Hall–Kier alpha value is -1.31. The second-order valence-electron chi connectivity index (χ2n) is 3.41. The molecule has 2 heteroatoms. The molecule has 0 heterocycles. The molecule has 0 spiro atoms. The zero-order valence-electron chi connectivity index (χ0n) is 8.07. The average molecular weight is 177 g/mol. The van der Waals surface area contributed by atoms with Crippen molar-refractivity contribution in [1.82, 2.24) is 0 Å². The molecule has 0 aliphatic carbocycles. The highest BCUT2D eigenvalue weighted by Crippen LogP contribution is 2.06. The van der Waals surface area contributed by atoms with Crippen LogP contribution >= 0.6 is 0 Å². The maximum absolute atomic E-state index is 8.75. The number of hydrogen-bond donors (Lipinski definition) is 1. The summed E-state index contributed by atoms with van der Waals surface area (Å²) in [5.41, 5.74) is 2.01. The van der Waals surface area contributed by atoms with E-state index in [-0.39, 0.29) is 0 Å². The van der Waals surface area contributed by atoms with E-state index in [0.717, 1.165) is 12.1 Å². The molecule has 0 atom stereocenters. The van der Waals surface area contributed by atoms with E-state index >= 15 is 0 Å². The van der Waals surface area contributed by atoms with E-state index < -0.39 is 0 Å². The lowest BCUT2D eigenvalue weighted by Gasteiger charge is -2.07. The van der Waals surface area contributed by atoms with Gasteiger partial charge in [0.2, 0.25) is 0 Å². The topological polar surface area (TPSA) is 32.6 Å². The molecule has 13 heavy (non-hydrogen) atoms. The Bertz CT molecular complexity index is 277. The minimum absolute atomic E-state index is 0.296. The van der Waals surface area contributed by atoms with Crippen LogP contribution in [0.4, 0.5) is 0 Å². The van der Waals surface area contributed by atoms with Crippen molar-refractivity contribution in [2.45, 2.75) is 20.3 Å². The fraction of sp³-hybridized carbons (Fsp3) is 0.364. The Morgan fingerprint density at radius 3 is 2.38 bits per heavy atom. The number of nitrogens with zero attached hydrogens (tertiary/aromatic N) is 1. The van der Waals surface area contributed by atoms with Gasteiger partial charge in [-0.1, -0.05) is 49.3 Å². The van der Waals surface area contributed by atoms with Crippen LogP contribution in [0.25, 0.3) is 0 Å². The van der Waals surface area contributed by atoms with Crippen molar-refractivity contribution >= 4 is 5.71 Å². The standard InChI is InChI=1S/C11H15NO/c1-9(2)11(12-13)8-10-6-4-3-5-7-10/h3-7,9,13H,8H2,1-2H3/b12-11-. The van der Waals surface area contributed by atoms with Crippen molar-refractivity contribution in [3.8, 4) is 0 Å². The molecule has 1 aromatic carbocycles. The van der Waals surface area contributed by atoms with Crippen LogP contribution in [0, 0.1) is 5.92 Å². The summed E-state index contributed by atoms with van der Waals surface area (Å²) in [6.45, 7) is 4.05. The summed E-state index contributed by atoms with van der Waals surface area (Å²) in [6.07, 6.45) is 0.731. The van der Waals surface area contributed by atoms with E-state index in [2.05, 4.69) is 5.16 Å². The molecule has 1 N–H and O–H groups in total. The van der Waals surface area contributed by atoms with Gasteiger partial charge in [0.05, 0.1) is 5.71 Å². The monoisotopic (exact) mass is 177 g/mol. The van der Waals surface area contributed by atoms with E-state index in [1.165, 1.54) is 5.56 Å². The molecular formula is C11H15NO. The average Bonchev–Trinajstić information content (AvgIpc) is 2.15. The first-order valence-corrected chi connectivity index (χ1v) is 4.48. The van der Waals surface area contributed by atoms with Gasteiger partial charge in [-0.2, -0.15) is 0 Å². The van der Waals surface area contributed by atoms with Gasteiger partial charge in [0.15, 0.2) is 0 Å². The van der Waals surface area contributed by atoms with Crippen molar-refractivity contribution in [2.24, 2.45) is 11.1 Å². The summed E-state index contributed by atoms with van der Waals surface area (Å²) in [5.74, 6) is 0.296. The molecule has 0 aliphatic heterocycles. The highest BCUT2D eigenvalue weighted by Gasteiger charge is 2.06. The normalized spacial score (nSPS) is 12.1. The predicted octanol–water partition coefficient (Wildman–Crippen LogP) is 2.72. The van der Waals surface area contributed by atoms with Crippen LogP contribution in [0.15, 0.2) is 35.5 Å². The van der Waals surface area contributed by atoms with Crippen LogP contribution in [0.1, 0.15) is 19.4 Å². The summed E-state index contributed by atoms with van der Waals surface area (Å²) in [4.78, 5) is 0. The largest absolute Gasteiger partial charge is 0.411 e. The van der Waals surface area contributed by atoms with Gasteiger partial charge >= 0.3 is 0 Å². The molecule has 70 valence electrons. The molecule has 0 unspecified atom stereocenters. The Labute approximate surface area is 78.9 Å². The molecule has 0 saturated heterocycles. The lowest BCUT2D eigenvalue weighted by molar-refractivity contribution is 0.314. The first-order valence-electron chi connectivity index (χ1n) is 4.48. The van der Waals surface area contributed by atoms with Gasteiger partial charge in [-0.3, -0.25) is 0 Å². The van der Waals surface area contributed by atoms with Crippen molar-refractivity contribution in [2.75, 3.05) is 0 Å². The summed E-state index contributed by atoms with van der Waals surface area (Å²) >= 11 is 0. The summed E-state index contributed by atoms with van der Waals surface area (Å²) < 4.78 is 0. The van der Waals surface area contributed by atoms with Crippen molar-refractivity contribution < 1.29 is 5.21 Å². The van der Waals surface area contributed by atoms with Crippen LogP contribution < -0.4 is 0 Å². The molecule has 0 radical (unpaired) electrons. The first kappa shape index (κ1) is 9.78. The Kier molecular flexibility index (Phi) is 3.50. The van der Waals surface area contributed by atoms with E-state index in [9.17, 15) is 0 Å². The maximum Gasteiger partial charge on any atom is 0.0639 e. The van der Waals surface area contributed by atoms with Crippen LogP contribution in [0.2, 0.25) is 0 Å². The molecule has 0 saturated carbocycles. The SMILES string of the molecule is CC(C)/C(Cc1ccccc1)=N\O. The van der Waals surface area contributed by atoms with Gasteiger partial charge in [-0.25, -0.2) is 0 Å². The molecule has 0 aliphatic rings. The number of rotatable bonds is 3. The molecule has 1 rings (SSSR count). The van der Waals surface area contributed by atoms with E-state index in [4.69, 9.17) is 5.21 Å². The van der Waals surface area contributed by atoms with Crippen molar-refractivity contribution in [3.63, 3.8) is 0 Å². The number of oxime groups is 1. The highest BCUT2D eigenvalue weighted by atomic mass is 16.4. The minimum Gasteiger partial charge on any atom is -0.411 e. The number of benzene rings is 1. The maximum atomic E-state index is 8.75. The minimum atomic E-state index is 0.296. The third kappa shape index (κ3) is 2.90. The fourth-order valence-electron chi connectivity index (χ4n) is 1.16. The van der Waals surface area contributed by atoms with Gasteiger partial charge in [0.25, 0.3) is 0 Å². The first-order chi connectivity index (χ1) is 6.24. The predicted molar refractivity (Wildman–Crippen MR) is 54.2 cm³/mol. The lowest BCUT2D eigenvalue weighted by Crippen LogP contribution is -2.10. The zero-order valence-corrected chi connectivity index (χ0v) is 8.07. The van der Waals surface area contributed by atoms with Gasteiger partial charge in [-0.15, -0.1) is 0 Å². The molecule has 0 fully saturated rings. The second-order valence-corrected chi connectivity index (χ2v) is 3.41. The molecule has 2 nitrogen and oxygen atoms in total. The van der Waals surface area contributed by atoms with Crippen LogP contribution in [0.5, 0.6) is 0 Å².